The first-order valence-corrected chi connectivity index (χ1v) is 10.4. The van der Waals surface area contributed by atoms with Crippen molar-refractivity contribution < 1.29 is 9.53 Å². The third-order valence-corrected chi connectivity index (χ3v) is 5.78. The first-order chi connectivity index (χ1) is 12.6. The van der Waals surface area contributed by atoms with Gasteiger partial charge in [-0.05, 0) is 50.4 Å². The quantitative estimate of drug-likeness (QED) is 0.406. The van der Waals surface area contributed by atoms with E-state index in [9.17, 15) is 4.79 Å². The number of Topliss-reactive ketones (excluding diaryl/α,β-unsaturated/α-hetero) is 1. The van der Waals surface area contributed by atoms with Crippen molar-refractivity contribution in [2.45, 2.75) is 38.2 Å². The molecule has 3 rings (SSSR count). The second-order valence-electron chi connectivity index (χ2n) is 5.63. The molecule has 136 valence electrons. The zero-order chi connectivity index (χ0) is 18.5. The summed E-state index contributed by atoms with van der Waals surface area (Å²) in [6, 6.07) is 9.66. The van der Waals surface area contributed by atoms with Crippen molar-refractivity contribution in [1.82, 2.24) is 14.8 Å². The van der Waals surface area contributed by atoms with Crippen molar-refractivity contribution in [1.29, 1.82) is 0 Å². The van der Waals surface area contributed by atoms with Crippen molar-refractivity contribution in [3.63, 3.8) is 0 Å². The van der Waals surface area contributed by atoms with Crippen LogP contribution in [0.4, 0.5) is 0 Å². The number of hydrogen-bond acceptors (Lipinski definition) is 6. The van der Waals surface area contributed by atoms with Crippen LogP contribution in [0.2, 0.25) is 0 Å². The van der Waals surface area contributed by atoms with E-state index in [0.29, 0.717) is 17.9 Å². The molecule has 0 aliphatic carbocycles. The number of carbonyl (C=O) groups excluding carboxylic acids is 1. The van der Waals surface area contributed by atoms with E-state index in [1.807, 2.05) is 36.6 Å². The summed E-state index contributed by atoms with van der Waals surface area (Å²) in [5.41, 5.74) is 1.69. The average Bonchev–Trinajstić information content (AvgIpc) is 3.29. The van der Waals surface area contributed by atoms with Crippen LogP contribution in [0.25, 0.3) is 10.7 Å². The molecule has 0 fully saturated rings. The Morgan fingerprint density at radius 2 is 2.12 bits per heavy atom. The number of nitrogens with zero attached hydrogens (tertiary/aromatic N) is 3. The molecule has 0 unspecified atom stereocenters. The lowest BCUT2D eigenvalue weighted by molar-refractivity contribution is 0.101. The van der Waals surface area contributed by atoms with Gasteiger partial charge in [0.15, 0.2) is 16.8 Å². The second-order valence-corrected chi connectivity index (χ2v) is 7.52. The third-order valence-electron chi connectivity index (χ3n) is 3.90. The molecule has 0 N–H and O–H groups in total. The molecule has 0 atom stereocenters. The highest BCUT2D eigenvalue weighted by molar-refractivity contribution is 7.98. The van der Waals surface area contributed by atoms with Gasteiger partial charge in [-0.15, -0.1) is 21.5 Å². The molecule has 7 heteroatoms. The SMILES string of the molecule is CCOc1ccc(C(C)=O)cc1CSc1nnc(-c2cccs2)n1CC. The number of ketones is 1. The van der Waals surface area contributed by atoms with Gasteiger partial charge in [0.25, 0.3) is 0 Å². The predicted octanol–water partition coefficient (Wildman–Crippen LogP) is 4.92. The number of carbonyl (C=O) groups is 1. The molecule has 0 aliphatic heterocycles. The van der Waals surface area contributed by atoms with Gasteiger partial charge in [-0.2, -0.15) is 0 Å². The van der Waals surface area contributed by atoms with Crippen LogP contribution in [-0.4, -0.2) is 27.2 Å². The highest BCUT2D eigenvalue weighted by Gasteiger charge is 2.15. The zero-order valence-corrected chi connectivity index (χ0v) is 16.7. The molecule has 1 aromatic carbocycles. The number of thiophene rings is 1. The lowest BCUT2D eigenvalue weighted by Gasteiger charge is -2.11. The largest absolute Gasteiger partial charge is 0.494 e. The van der Waals surface area contributed by atoms with E-state index in [2.05, 4.69) is 27.8 Å². The van der Waals surface area contributed by atoms with E-state index < -0.39 is 0 Å². The molecule has 2 heterocycles. The van der Waals surface area contributed by atoms with Crippen molar-refractivity contribution in [2.75, 3.05) is 6.61 Å². The van der Waals surface area contributed by atoms with Gasteiger partial charge in [0.05, 0.1) is 11.5 Å². The van der Waals surface area contributed by atoms with Gasteiger partial charge in [0, 0.05) is 23.4 Å². The van der Waals surface area contributed by atoms with Crippen LogP contribution >= 0.6 is 23.1 Å². The number of aromatic nitrogens is 3. The first kappa shape index (κ1) is 18.7. The van der Waals surface area contributed by atoms with Crippen molar-refractivity contribution in [3.8, 4) is 16.5 Å². The fourth-order valence-electron chi connectivity index (χ4n) is 2.62. The topological polar surface area (TPSA) is 57.0 Å². The zero-order valence-electron chi connectivity index (χ0n) is 15.1. The highest BCUT2D eigenvalue weighted by Crippen LogP contribution is 2.31. The van der Waals surface area contributed by atoms with Gasteiger partial charge in [-0.3, -0.25) is 4.79 Å². The predicted molar refractivity (Wildman–Crippen MR) is 106 cm³/mol. The Hall–Kier alpha value is -2.12. The molecular weight excluding hydrogens is 366 g/mol. The van der Waals surface area contributed by atoms with Crippen LogP contribution in [0.3, 0.4) is 0 Å². The molecule has 0 saturated heterocycles. The molecule has 26 heavy (non-hydrogen) atoms. The van der Waals surface area contributed by atoms with E-state index in [1.54, 1.807) is 30.0 Å². The smallest absolute Gasteiger partial charge is 0.191 e. The van der Waals surface area contributed by atoms with Crippen LogP contribution < -0.4 is 4.74 Å². The minimum atomic E-state index is 0.0519. The van der Waals surface area contributed by atoms with Crippen molar-refractivity contribution >= 4 is 28.9 Å². The minimum absolute atomic E-state index is 0.0519. The summed E-state index contributed by atoms with van der Waals surface area (Å²) in [4.78, 5) is 12.8. The first-order valence-electron chi connectivity index (χ1n) is 8.50. The summed E-state index contributed by atoms with van der Waals surface area (Å²) < 4.78 is 7.83. The number of thioether (sulfide) groups is 1. The minimum Gasteiger partial charge on any atom is -0.494 e. The monoisotopic (exact) mass is 387 g/mol. The molecule has 2 aromatic heterocycles. The number of ether oxygens (including phenoxy) is 1. The summed E-state index contributed by atoms with van der Waals surface area (Å²) >= 11 is 3.26. The Kier molecular flexibility index (Phi) is 6.11. The van der Waals surface area contributed by atoms with Gasteiger partial charge in [-0.1, -0.05) is 17.8 Å². The van der Waals surface area contributed by atoms with E-state index in [0.717, 1.165) is 33.7 Å². The molecular formula is C19H21N3O2S2. The maximum absolute atomic E-state index is 11.7. The number of hydrogen-bond donors (Lipinski definition) is 0. The van der Waals surface area contributed by atoms with E-state index in [1.165, 1.54) is 0 Å². The maximum Gasteiger partial charge on any atom is 0.191 e. The summed E-state index contributed by atoms with van der Waals surface area (Å²) in [6.07, 6.45) is 0. The second kappa shape index (κ2) is 8.51. The Morgan fingerprint density at radius 1 is 1.27 bits per heavy atom. The van der Waals surface area contributed by atoms with E-state index in [4.69, 9.17) is 4.74 Å². The van der Waals surface area contributed by atoms with Gasteiger partial charge < -0.3 is 9.30 Å². The fraction of sp³-hybridized carbons (Fsp3) is 0.316. The van der Waals surface area contributed by atoms with Crippen LogP contribution in [0.1, 0.15) is 36.7 Å². The molecule has 3 aromatic rings. The molecule has 0 aliphatic rings. The van der Waals surface area contributed by atoms with Crippen LogP contribution in [0.15, 0.2) is 40.9 Å². The highest BCUT2D eigenvalue weighted by atomic mass is 32.2. The lowest BCUT2D eigenvalue weighted by atomic mass is 10.1. The summed E-state index contributed by atoms with van der Waals surface area (Å²) in [7, 11) is 0. The summed E-state index contributed by atoms with van der Waals surface area (Å²) in [5, 5.41) is 11.6. The molecule has 0 saturated carbocycles. The van der Waals surface area contributed by atoms with Gasteiger partial charge in [-0.25, -0.2) is 0 Å². The lowest BCUT2D eigenvalue weighted by Crippen LogP contribution is -2.01. The molecule has 0 spiro atoms. The normalized spacial score (nSPS) is 10.9. The van der Waals surface area contributed by atoms with Gasteiger partial charge in [0.2, 0.25) is 0 Å². The van der Waals surface area contributed by atoms with Gasteiger partial charge >= 0.3 is 0 Å². The van der Waals surface area contributed by atoms with Crippen molar-refractivity contribution in [2.24, 2.45) is 0 Å². The van der Waals surface area contributed by atoms with Gasteiger partial charge in [0.1, 0.15) is 5.75 Å². The van der Waals surface area contributed by atoms with E-state index in [-0.39, 0.29) is 5.78 Å². The molecule has 0 amide bonds. The van der Waals surface area contributed by atoms with Crippen molar-refractivity contribution in [3.05, 3.63) is 46.8 Å². The average molecular weight is 388 g/mol. The molecule has 0 bridgehead atoms. The van der Waals surface area contributed by atoms with E-state index >= 15 is 0 Å². The Morgan fingerprint density at radius 3 is 2.77 bits per heavy atom. The van der Waals surface area contributed by atoms with Crippen LogP contribution in [0.5, 0.6) is 5.75 Å². The maximum atomic E-state index is 11.7. The van der Waals surface area contributed by atoms with Crippen LogP contribution in [0, 0.1) is 0 Å². The third kappa shape index (κ3) is 3.99. The Labute approximate surface area is 161 Å². The summed E-state index contributed by atoms with van der Waals surface area (Å²) in [5.74, 6) is 2.42. The Bertz CT molecular complexity index is 888. The fourth-order valence-corrected chi connectivity index (χ4v) is 4.32. The number of benzene rings is 1. The number of rotatable bonds is 8. The van der Waals surface area contributed by atoms with Crippen LogP contribution in [-0.2, 0) is 12.3 Å². The summed E-state index contributed by atoms with van der Waals surface area (Å²) in [6.45, 7) is 7.01. The molecule has 0 radical (unpaired) electrons. The standard InChI is InChI=1S/C19H21N3O2S2/c1-4-22-18(17-7-6-10-25-17)20-21-19(22)26-12-15-11-14(13(3)23)8-9-16(15)24-5-2/h6-11H,4-5,12H2,1-3H3. The molecule has 5 nitrogen and oxygen atoms in total. The Balaban J connectivity index is 1.85.